The average molecular weight is 556 g/mol. The third-order valence-electron chi connectivity index (χ3n) is 6.51. The number of fused-ring (bicyclic) bond motifs is 1. The SMILES string of the molecule is CCC1=C(C(=O)OC)[C@@H](c2ccccc2)n2c(s/c(=C\c3ccccc3OCc3ccc([N+](=O)[O-])cc3)c2=O)=N1. The van der Waals surface area contributed by atoms with Crippen molar-refractivity contribution in [2.24, 2.45) is 4.99 Å². The minimum atomic E-state index is -0.671. The number of nitrogens with zero attached hydrogens (tertiary/aromatic N) is 3. The maximum Gasteiger partial charge on any atom is 0.338 e. The van der Waals surface area contributed by atoms with Crippen molar-refractivity contribution in [3.05, 3.63) is 137 Å². The summed E-state index contributed by atoms with van der Waals surface area (Å²) in [6, 6.07) is 22.2. The van der Waals surface area contributed by atoms with E-state index in [1.54, 1.807) is 28.8 Å². The van der Waals surface area contributed by atoms with Gasteiger partial charge in [-0.3, -0.25) is 19.5 Å². The van der Waals surface area contributed by atoms with Gasteiger partial charge < -0.3 is 9.47 Å². The van der Waals surface area contributed by atoms with Gasteiger partial charge in [0.2, 0.25) is 0 Å². The second-order valence-electron chi connectivity index (χ2n) is 8.95. The number of methoxy groups -OCH3 is 1. The maximum absolute atomic E-state index is 13.8. The number of ether oxygens (including phenoxy) is 2. The molecule has 0 aliphatic carbocycles. The Labute approximate surface area is 233 Å². The van der Waals surface area contributed by atoms with Gasteiger partial charge in [0.05, 0.1) is 33.9 Å². The lowest BCUT2D eigenvalue weighted by atomic mass is 9.95. The predicted molar refractivity (Wildman–Crippen MR) is 151 cm³/mol. The van der Waals surface area contributed by atoms with Crippen LogP contribution in [0.3, 0.4) is 0 Å². The molecule has 5 rings (SSSR count). The summed E-state index contributed by atoms with van der Waals surface area (Å²) in [5, 5.41) is 10.9. The van der Waals surface area contributed by atoms with Crippen LogP contribution in [-0.2, 0) is 16.1 Å². The first-order chi connectivity index (χ1) is 19.4. The Hall–Kier alpha value is -4.83. The quantitative estimate of drug-likeness (QED) is 0.182. The van der Waals surface area contributed by atoms with Gasteiger partial charge in [-0.2, -0.15) is 0 Å². The van der Waals surface area contributed by atoms with Crippen LogP contribution in [0.25, 0.3) is 6.08 Å². The van der Waals surface area contributed by atoms with Gasteiger partial charge >= 0.3 is 5.97 Å². The molecule has 1 aromatic heterocycles. The van der Waals surface area contributed by atoms with Crippen LogP contribution < -0.4 is 19.6 Å². The minimum Gasteiger partial charge on any atom is -0.488 e. The van der Waals surface area contributed by atoms with E-state index in [4.69, 9.17) is 14.5 Å². The molecule has 2 heterocycles. The lowest BCUT2D eigenvalue weighted by Gasteiger charge is -2.25. The molecular formula is C30H25N3O6S. The number of esters is 1. The fourth-order valence-corrected chi connectivity index (χ4v) is 5.57. The number of allylic oxidation sites excluding steroid dienone is 1. The summed E-state index contributed by atoms with van der Waals surface area (Å²) >= 11 is 1.25. The van der Waals surface area contributed by atoms with Crippen molar-refractivity contribution in [3.63, 3.8) is 0 Å². The Balaban J connectivity index is 1.56. The Morgan fingerprint density at radius 1 is 1.07 bits per heavy atom. The number of thiazole rings is 1. The Kier molecular flexibility index (Phi) is 7.70. The molecule has 1 aliphatic rings. The van der Waals surface area contributed by atoms with E-state index >= 15 is 0 Å². The van der Waals surface area contributed by atoms with Gasteiger partial charge in [0.25, 0.3) is 11.2 Å². The van der Waals surface area contributed by atoms with Crippen molar-refractivity contribution in [3.8, 4) is 5.75 Å². The van der Waals surface area contributed by atoms with Crippen LogP contribution in [0.1, 0.15) is 36.1 Å². The highest BCUT2D eigenvalue weighted by molar-refractivity contribution is 7.07. The van der Waals surface area contributed by atoms with Gasteiger partial charge in [-0.15, -0.1) is 0 Å². The molecule has 0 fully saturated rings. The van der Waals surface area contributed by atoms with Crippen LogP contribution >= 0.6 is 11.3 Å². The molecule has 0 spiro atoms. The molecular weight excluding hydrogens is 530 g/mol. The summed E-state index contributed by atoms with van der Waals surface area (Å²) in [7, 11) is 1.32. The molecule has 9 nitrogen and oxygen atoms in total. The van der Waals surface area contributed by atoms with Crippen molar-refractivity contribution in [1.29, 1.82) is 0 Å². The first-order valence-electron chi connectivity index (χ1n) is 12.5. The third kappa shape index (κ3) is 5.21. The summed E-state index contributed by atoms with van der Waals surface area (Å²) in [5.74, 6) is 0.0320. The highest BCUT2D eigenvalue weighted by Crippen LogP contribution is 2.31. The predicted octanol–water partition coefficient (Wildman–Crippen LogP) is 4.29. The van der Waals surface area contributed by atoms with Gasteiger partial charge in [-0.05, 0) is 41.8 Å². The maximum atomic E-state index is 13.8. The van der Waals surface area contributed by atoms with E-state index in [1.165, 1.54) is 30.6 Å². The molecule has 40 heavy (non-hydrogen) atoms. The van der Waals surface area contributed by atoms with Crippen LogP contribution in [0.2, 0.25) is 0 Å². The highest BCUT2D eigenvalue weighted by atomic mass is 32.1. The van der Waals surface area contributed by atoms with Gasteiger partial charge in [0.1, 0.15) is 12.4 Å². The number of carbonyl (C=O) groups is 1. The zero-order valence-electron chi connectivity index (χ0n) is 21.8. The third-order valence-corrected chi connectivity index (χ3v) is 7.50. The van der Waals surface area contributed by atoms with Crippen LogP contribution in [0.4, 0.5) is 5.69 Å². The summed E-state index contributed by atoms with van der Waals surface area (Å²) in [6.45, 7) is 2.11. The van der Waals surface area contributed by atoms with Crippen molar-refractivity contribution in [2.45, 2.75) is 26.0 Å². The lowest BCUT2D eigenvalue weighted by Crippen LogP contribution is -2.40. The van der Waals surface area contributed by atoms with E-state index in [2.05, 4.69) is 0 Å². The molecule has 1 atom stereocenters. The van der Waals surface area contributed by atoms with Crippen LogP contribution in [0.15, 0.2) is 99.9 Å². The molecule has 0 radical (unpaired) electrons. The number of carbonyl (C=O) groups excluding carboxylic acids is 1. The Bertz CT molecular complexity index is 1790. The standard InChI is InChI=1S/C30H25N3O6S/c1-3-23-26(29(35)38-2)27(20-9-5-4-6-10-20)32-28(34)25(40-30(32)31-23)17-21-11-7-8-12-24(21)39-18-19-13-15-22(16-14-19)33(36)37/h4-17,27H,3,18H2,1-2H3/b25-17-/t27-/m1/s1. The van der Waals surface area contributed by atoms with Crippen molar-refractivity contribution < 1.29 is 19.2 Å². The van der Waals surface area contributed by atoms with E-state index in [0.717, 1.165) is 11.1 Å². The molecule has 0 saturated heterocycles. The topological polar surface area (TPSA) is 113 Å². The number of hydrogen-bond acceptors (Lipinski definition) is 8. The first-order valence-corrected chi connectivity index (χ1v) is 13.4. The van der Waals surface area contributed by atoms with Crippen molar-refractivity contribution >= 4 is 29.1 Å². The van der Waals surface area contributed by atoms with Crippen LogP contribution in [0, 0.1) is 10.1 Å². The summed E-state index contributed by atoms with van der Waals surface area (Å²) < 4.78 is 13.1. The second-order valence-corrected chi connectivity index (χ2v) is 9.96. The van der Waals surface area contributed by atoms with Crippen molar-refractivity contribution in [2.75, 3.05) is 7.11 Å². The van der Waals surface area contributed by atoms with E-state index in [9.17, 15) is 19.7 Å². The smallest absolute Gasteiger partial charge is 0.338 e. The highest BCUT2D eigenvalue weighted by Gasteiger charge is 2.33. The molecule has 3 aromatic carbocycles. The number of para-hydroxylation sites is 1. The zero-order chi connectivity index (χ0) is 28.2. The molecule has 0 unspecified atom stereocenters. The van der Waals surface area contributed by atoms with Crippen LogP contribution in [-0.4, -0.2) is 22.6 Å². The number of nitro groups is 1. The average Bonchev–Trinajstić information content (AvgIpc) is 3.30. The number of rotatable bonds is 8. The number of hydrogen-bond donors (Lipinski definition) is 0. The monoisotopic (exact) mass is 555 g/mol. The normalized spacial score (nSPS) is 14.8. The van der Waals surface area contributed by atoms with Gasteiger partial charge in [-0.25, -0.2) is 9.79 Å². The molecule has 0 N–H and O–H groups in total. The summed E-state index contributed by atoms with van der Waals surface area (Å²) in [5.41, 5.74) is 2.90. The van der Waals surface area contributed by atoms with Crippen molar-refractivity contribution in [1.82, 2.24) is 4.57 Å². The summed E-state index contributed by atoms with van der Waals surface area (Å²) in [6.07, 6.45) is 2.25. The zero-order valence-corrected chi connectivity index (χ0v) is 22.6. The molecule has 10 heteroatoms. The van der Waals surface area contributed by atoms with E-state index in [1.807, 2.05) is 55.5 Å². The molecule has 4 aromatic rings. The van der Waals surface area contributed by atoms with Crippen LogP contribution in [0.5, 0.6) is 5.75 Å². The van der Waals surface area contributed by atoms with Gasteiger partial charge in [-0.1, -0.05) is 66.8 Å². The van der Waals surface area contributed by atoms with E-state index < -0.39 is 16.9 Å². The number of aromatic nitrogens is 1. The largest absolute Gasteiger partial charge is 0.488 e. The minimum absolute atomic E-state index is 0.00918. The molecule has 0 saturated carbocycles. The van der Waals surface area contributed by atoms with E-state index in [-0.39, 0.29) is 17.9 Å². The Morgan fingerprint density at radius 3 is 2.45 bits per heavy atom. The number of nitro benzene ring substituents is 1. The molecule has 1 aliphatic heterocycles. The number of non-ortho nitro benzene ring substituents is 1. The molecule has 202 valence electrons. The lowest BCUT2D eigenvalue weighted by molar-refractivity contribution is -0.384. The number of benzene rings is 3. The molecule has 0 amide bonds. The van der Waals surface area contributed by atoms with Gasteiger partial charge in [0.15, 0.2) is 4.80 Å². The fraction of sp³-hybridized carbons (Fsp3) is 0.167. The van der Waals surface area contributed by atoms with Gasteiger partial charge in [0, 0.05) is 17.7 Å². The first kappa shape index (κ1) is 26.8. The fourth-order valence-electron chi connectivity index (χ4n) is 4.56. The Morgan fingerprint density at radius 2 is 1.77 bits per heavy atom. The molecule has 0 bridgehead atoms. The summed E-state index contributed by atoms with van der Waals surface area (Å²) in [4.78, 5) is 42.4. The second kappa shape index (κ2) is 11.5. The van der Waals surface area contributed by atoms with E-state index in [0.29, 0.717) is 38.3 Å².